The largest absolute Gasteiger partial charge is 0.466 e. The van der Waals surface area contributed by atoms with Gasteiger partial charge in [-0.25, -0.2) is 4.98 Å². The van der Waals surface area contributed by atoms with Gasteiger partial charge in [0.2, 0.25) is 0 Å². The van der Waals surface area contributed by atoms with Crippen LogP contribution in [-0.4, -0.2) is 59.2 Å². The summed E-state index contributed by atoms with van der Waals surface area (Å²) in [6, 6.07) is 0. The zero-order valence-corrected chi connectivity index (χ0v) is 30.3. The third-order valence-corrected chi connectivity index (χ3v) is 8.70. The Morgan fingerprint density at radius 3 is 1.53 bits per heavy atom. The van der Waals surface area contributed by atoms with Crippen LogP contribution in [0, 0.1) is 23.7 Å². The maximum Gasteiger partial charge on any atom is 0.306 e. The highest BCUT2D eigenvalue weighted by Crippen LogP contribution is 2.17. The van der Waals surface area contributed by atoms with Gasteiger partial charge in [0.05, 0.1) is 19.5 Å². The van der Waals surface area contributed by atoms with Crippen molar-refractivity contribution < 1.29 is 19.1 Å². The third-order valence-electron chi connectivity index (χ3n) is 8.70. The van der Waals surface area contributed by atoms with Crippen LogP contribution in [0.15, 0.2) is 18.7 Å². The molecule has 0 aromatic carbocycles. The molecule has 2 unspecified atom stereocenters. The summed E-state index contributed by atoms with van der Waals surface area (Å²) in [6.07, 6.45) is 23.9. The number of hydrogen-bond donors (Lipinski definition) is 0. The van der Waals surface area contributed by atoms with E-state index in [4.69, 9.17) is 9.47 Å². The van der Waals surface area contributed by atoms with Gasteiger partial charge < -0.3 is 18.9 Å². The van der Waals surface area contributed by atoms with Crippen LogP contribution < -0.4 is 0 Å². The summed E-state index contributed by atoms with van der Waals surface area (Å²) in [7, 11) is 0. The molecule has 1 aromatic rings. The Bertz CT molecular complexity index is 779. The number of hydrogen-bond acceptors (Lipinski definition) is 6. The number of carbonyl (C=O) groups excluding carboxylic acids is 2. The smallest absolute Gasteiger partial charge is 0.306 e. The monoisotopic (exact) mass is 634 g/mol. The Morgan fingerprint density at radius 1 is 0.622 bits per heavy atom. The number of ether oxygens (including phenoxy) is 2. The summed E-state index contributed by atoms with van der Waals surface area (Å²) < 4.78 is 13.2. The fourth-order valence-electron chi connectivity index (χ4n) is 5.83. The third kappa shape index (κ3) is 25.9. The average molecular weight is 634 g/mol. The van der Waals surface area contributed by atoms with Crippen molar-refractivity contribution in [2.24, 2.45) is 23.7 Å². The molecule has 0 fully saturated rings. The first-order valence-corrected chi connectivity index (χ1v) is 18.6. The van der Waals surface area contributed by atoms with E-state index < -0.39 is 0 Å². The number of unbranched alkanes of at least 4 members (excludes halogenated alkanes) is 6. The van der Waals surface area contributed by atoms with Crippen LogP contribution in [0.2, 0.25) is 0 Å². The van der Waals surface area contributed by atoms with Gasteiger partial charge in [-0.1, -0.05) is 106 Å². The minimum absolute atomic E-state index is 0.0311. The number of aromatic nitrogens is 2. The highest BCUT2D eigenvalue weighted by atomic mass is 16.5. The molecule has 7 heteroatoms. The van der Waals surface area contributed by atoms with E-state index in [0.29, 0.717) is 37.9 Å². The fourth-order valence-corrected chi connectivity index (χ4v) is 5.83. The van der Waals surface area contributed by atoms with Gasteiger partial charge in [-0.3, -0.25) is 9.59 Å². The summed E-state index contributed by atoms with van der Waals surface area (Å²) in [5.74, 6) is 2.23. The van der Waals surface area contributed by atoms with Crippen molar-refractivity contribution in [2.75, 3.05) is 32.8 Å². The topological polar surface area (TPSA) is 73.7 Å². The van der Waals surface area contributed by atoms with Crippen LogP contribution in [0.3, 0.4) is 0 Å². The van der Waals surface area contributed by atoms with E-state index in [-0.39, 0.29) is 11.9 Å². The minimum Gasteiger partial charge on any atom is -0.466 e. The van der Waals surface area contributed by atoms with E-state index >= 15 is 0 Å². The van der Waals surface area contributed by atoms with Crippen LogP contribution in [-0.2, 0) is 25.6 Å². The molecule has 0 aliphatic rings. The highest BCUT2D eigenvalue weighted by Gasteiger charge is 2.12. The summed E-state index contributed by atoms with van der Waals surface area (Å²) in [5, 5.41) is 0. The number of carbonyl (C=O) groups is 2. The Hall–Kier alpha value is -1.89. The van der Waals surface area contributed by atoms with Crippen molar-refractivity contribution in [1.82, 2.24) is 14.5 Å². The average Bonchev–Trinajstić information content (AvgIpc) is 3.49. The van der Waals surface area contributed by atoms with E-state index in [9.17, 15) is 9.59 Å². The van der Waals surface area contributed by atoms with Crippen molar-refractivity contribution in [1.29, 1.82) is 0 Å². The molecule has 1 heterocycles. The first-order chi connectivity index (χ1) is 21.7. The molecule has 0 spiro atoms. The van der Waals surface area contributed by atoms with E-state index in [1.165, 1.54) is 51.4 Å². The van der Waals surface area contributed by atoms with Crippen molar-refractivity contribution in [3.8, 4) is 0 Å². The molecular weight excluding hydrogens is 562 g/mol. The van der Waals surface area contributed by atoms with Gasteiger partial charge in [-0.05, 0) is 75.4 Å². The van der Waals surface area contributed by atoms with Crippen LogP contribution in [0.25, 0.3) is 0 Å². The molecule has 7 nitrogen and oxygen atoms in total. The van der Waals surface area contributed by atoms with Crippen LogP contribution in [0.5, 0.6) is 0 Å². The predicted octanol–water partition coefficient (Wildman–Crippen LogP) is 9.49. The first kappa shape index (κ1) is 41.1. The van der Waals surface area contributed by atoms with Crippen molar-refractivity contribution in [3.63, 3.8) is 0 Å². The summed E-state index contributed by atoms with van der Waals surface area (Å²) >= 11 is 0. The zero-order valence-electron chi connectivity index (χ0n) is 30.3. The Balaban J connectivity index is 2.17. The first-order valence-electron chi connectivity index (χ1n) is 18.6. The molecule has 2 atom stereocenters. The van der Waals surface area contributed by atoms with Crippen molar-refractivity contribution in [3.05, 3.63) is 18.7 Å². The predicted molar refractivity (Wildman–Crippen MR) is 187 cm³/mol. The van der Waals surface area contributed by atoms with Crippen molar-refractivity contribution in [2.45, 2.75) is 157 Å². The summed E-state index contributed by atoms with van der Waals surface area (Å²) in [4.78, 5) is 31.1. The fraction of sp³-hybridized carbons (Fsp3) is 0.868. The molecule has 1 aromatic heterocycles. The van der Waals surface area contributed by atoms with E-state index in [1.807, 2.05) is 18.7 Å². The van der Waals surface area contributed by atoms with Gasteiger partial charge in [-0.15, -0.1) is 0 Å². The molecule has 0 saturated heterocycles. The quantitative estimate of drug-likeness (QED) is 0.0621. The van der Waals surface area contributed by atoms with E-state index in [2.05, 4.69) is 56.0 Å². The number of imidazole rings is 1. The molecule has 1 rings (SSSR count). The molecule has 0 radical (unpaired) electrons. The lowest BCUT2D eigenvalue weighted by atomic mass is 9.97. The summed E-state index contributed by atoms with van der Waals surface area (Å²) in [6.45, 7) is 18.8. The SMILES string of the molecule is CC(C)CCCC(C)CC(=O)OCCCCCCN(CCCCCCOC(=O)CC(C)CCCC(C)C)CCCn1ccnc1. The highest BCUT2D eigenvalue weighted by molar-refractivity contribution is 5.69. The molecule has 0 aliphatic carbocycles. The lowest BCUT2D eigenvalue weighted by Crippen LogP contribution is -2.28. The Labute approximate surface area is 277 Å². The van der Waals surface area contributed by atoms with Crippen LogP contribution in [0.4, 0.5) is 0 Å². The second-order valence-electron chi connectivity index (χ2n) is 14.5. The standard InChI is InChI=1S/C38H71N3O4/c1-33(2)18-15-20-35(5)30-37(42)44-28-13-9-7-11-23-40(25-17-26-41-27-22-39-32-41)24-12-8-10-14-29-45-38(43)31-36(6)21-16-19-34(3)4/h22,27,32-36H,7-21,23-26,28-31H2,1-6H3. The molecule has 0 bridgehead atoms. The number of nitrogens with zero attached hydrogens (tertiary/aromatic N) is 3. The van der Waals surface area contributed by atoms with Gasteiger partial charge in [0.25, 0.3) is 0 Å². The molecule has 0 amide bonds. The minimum atomic E-state index is -0.0311. The summed E-state index contributed by atoms with van der Waals surface area (Å²) in [5.41, 5.74) is 0. The number of aryl methyl sites for hydroxylation is 1. The Morgan fingerprint density at radius 2 is 1.09 bits per heavy atom. The van der Waals surface area contributed by atoms with Gasteiger partial charge in [0, 0.05) is 31.8 Å². The second kappa shape index (κ2) is 27.2. The zero-order chi connectivity index (χ0) is 33.1. The Kier molecular flexibility index (Phi) is 24.9. The maximum absolute atomic E-state index is 12.2. The molecule has 0 saturated carbocycles. The maximum atomic E-state index is 12.2. The van der Waals surface area contributed by atoms with Gasteiger partial charge >= 0.3 is 11.9 Å². The number of rotatable bonds is 30. The molecule has 262 valence electrons. The lowest BCUT2D eigenvalue weighted by molar-refractivity contribution is -0.145. The van der Waals surface area contributed by atoms with Gasteiger partial charge in [0.1, 0.15) is 0 Å². The lowest BCUT2D eigenvalue weighted by Gasteiger charge is -2.22. The number of esters is 2. The van der Waals surface area contributed by atoms with Gasteiger partial charge in [-0.2, -0.15) is 0 Å². The van der Waals surface area contributed by atoms with Gasteiger partial charge in [0.15, 0.2) is 0 Å². The molecule has 0 N–H and O–H groups in total. The molecule has 0 aliphatic heterocycles. The van der Waals surface area contributed by atoms with Crippen molar-refractivity contribution >= 4 is 11.9 Å². The van der Waals surface area contributed by atoms with Crippen LogP contribution in [0.1, 0.15) is 151 Å². The molecular formula is C38H71N3O4. The molecule has 45 heavy (non-hydrogen) atoms. The normalized spacial score (nSPS) is 13.1. The van der Waals surface area contributed by atoms with E-state index in [0.717, 1.165) is 83.0 Å². The van der Waals surface area contributed by atoms with Crippen LogP contribution >= 0.6 is 0 Å². The second-order valence-corrected chi connectivity index (χ2v) is 14.5. The van der Waals surface area contributed by atoms with E-state index in [1.54, 1.807) is 0 Å².